The molecule has 2 N–H and O–H groups in total. The molecule has 2 amide bonds. The smallest absolute Gasteiger partial charge is 0.330 e. The van der Waals surface area contributed by atoms with Crippen molar-refractivity contribution in [1.29, 1.82) is 0 Å². The van der Waals surface area contributed by atoms with Crippen molar-refractivity contribution in [1.82, 2.24) is 25.1 Å². The summed E-state index contributed by atoms with van der Waals surface area (Å²) in [6.45, 7) is 5.15. The molecule has 11 heteroatoms. The van der Waals surface area contributed by atoms with Crippen molar-refractivity contribution in [2.45, 2.75) is 31.6 Å². The molecule has 0 radical (unpaired) electrons. The molecule has 3 heterocycles. The van der Waals surface area contributed by atoms with Crippen molar-refractivity contribution in [3.05, 3.63) is 65.1 Å². The van der Waals surface area contributed by atoms with E-state index in [-0.39, 0.29) is 24.4 Å². The molecule has 0 spiro atoms. The summed E-state index contributed by atoms with van der Waals surface area (Å²) >= 11 is 0. The zero-order chi connectivity index (χ0) is 25.4. The monoisotopic (exact) mass is 487 g/mol. The highest BCUT2D eigenvalue weighted by molar-refractivity contribution is 6.11. The summed E-state index contributed by atoms with van der Waals surface area (Å²) in [6, 6.07) is 10.7. The molecular weight excluding hydrogens is 459 g/mol. The van der Waals surface area contributed by atoms with Crippen LogP contribution in [0.1, 0.15) is 31.3 Å². The van der Waals surface area contributed by atoms with Gasteiger partial charge in [0.05, 0.1) is 24.7 Å². The van der Waals surface area contributed by atoms with Gasteiger partial charge in [-0.1, -0.05) is 30.3 Å². The van der Waals surface area contributed by atoms with Crippen LogP contribution in [0.3, 0.4) is 0 Å². The van der Waals surface area contributed by atoms with E-state index in [2.05, 4.69) is 25.6 Å². The number of hydrogen-bond donors (Lipinski definition) is 2. The Bertz CT molecular complexity index is 1160. The number of anilines is 1. The molecule has 2 aliphatic heterocycles. The molecular formula is C24H28F3N7O. The Balaban J connectivity index is 1.51. The molecule has 8 nitrogen and oxygen atoms in total. The molecule has 1 aromatic heterocycles. The van der Waals surface area contributed by atoms with Gasteiger partial charge >= 0.3 is 12.2 Å². The predicted molar refractivity (Wildman–Crippen MR) is 127 cm³/mol. The molecule has 4 rings (SSSR count). The molecule has 2 aliphatic rings. The first-order valence-electron chi connectivity index (χ1n) is 11.2. The Kier molecular flexibility index (Phi) is 6.54. The van der Waals surface area contributed by atoms with E-state index in [9.17, 15) is 18.0 Å². The maximum Gasteiger partial charge on any atom is 0.451 e. The highest BCUT2D eigenvalue weighted by Crippen LogP contribution is 2.38. The van der Waals surface area contributed by atoms with Crippen LogP contribution in [0.25, 0.3) is 0 Å². The van der Waals surface area contributed by atoms with Gasteiger partial charge < -0.3 is 20.4 Å². The van der Waals surface area contributed by atoms with Crippen LogP contribution in [-0.4, -0.2) is 70.9 Å². The molecule has 1 atom stereocenters. The van der Waals surface area contributed by atoms with Crippen molar-refractivity contribution < 1.29 is 18.0 Å². The maximum atomic E-state index is 13.4. The standard InChI is InChI=1S/C24H28F3N7O/c1-23(2)17-12-29-20(31-19-10-11-28-21(32-19)24(25,26)27)16(17)13-34(23)22(35)30-18(14-33(3)4)15-8-6-5-7-9-15/h5-11,18H,12-14H2,1-4H3,(H,30,35)(H,28,29,31,32)/t18-/m1/s1. The molecule has 186 valence electrons. The van der Waals surface area contributed by atoms with E-state index in [1.165, 1.54) is 6.07 Å². The summed E-state index contributed by atoms with van der Waals surface area (Å²) in [5, 5.41) is 6.04. The minimum Gasteiger partial charge on any atom is -0.330 e. The maximum absolute atomic E-state index is 13.4. The van der Waals surface area contributed by atoms with Crippen molar-refractivity contribution in [2.24, 2.45) is 4.99 Å². The lowest BCUT2D eigenvalue weighted by atomic mass is 9.94. The Morgan fingerprint density at radius 1 is 1.20 bits per heavy atom. The molecule has 35 heavy (non-hydrogen) atoms. The molecule has 0 aliphatic carbocycles. The van der Waals surface area contributed by atoms with Crippen LogP contribution in [0.4, 0.5) is 23.8 Å². The van der Waals surface area contributed by atoms with Gasteiger partial charge in [-0.2, -0.15) is 13.2 Å². The molecule has 2 aromatic rings. The fourth-order valence-corrected chi connectivity index (χ4v) is 4.38. The van der Waals surface area contributed by atoms with Crippen LogP contribution < -0.4 is 10.6 Å². The van der Waals surface area contributed by atoms with E-state index >= 15 is 0 Å². The van der Waals surface area contributed by atoms with E-state index in [0.29, 0.717) is 18.9 Å². The average Bonchev–Trinajstić information content (AvgIpc) is 3.31. The molecule has 0 saturated carbocycles. The number of alkyl halides is 3. The second kappa shape index (κ2) is 9.29. The van der Waals surface area contributed by atoms with Crippen molar-refractivity contribution >= 4 is 17.7 Å². The Morgan fingerprint density at radius 2 is 1.91 bits per heavy atom. The molecule has 0 saturated heterocycles. The first-order valence-corrected chi connectivity index (χ1v) is 11.2. The number of carbonyl (C=O) groups excluding carboxylic acids is 1. The Hall–Kier alpha value is -3.47. The number of nitrogens with zero attached hydrogens (tertiary/aromatic N) is 5. The fourth-order valence-electron chi connectivity index (χ4n) is 4.38. The third-order valence-electron chi connectivity index (χ3n) is 6.22. The van der Waals surface area contributed by atoms with Gasteiger partial charge in [-0.3, -0.25) is 4.99 Å². The summed E-state index contributed by atoms with van der Waals surface area (Å²) in [5.74, 6) is -0.811. The molecule has 0 bridgehead atoms. The number of amidine groups is 1. The van der Waals surface area contributed by atoms with Gasteiger partial charge in [-0.05, 0) is 45.1 Å². The highest BCUT2D eigenvalue weighted by atomic mass is 19.4. The number of nitrogens with one attached hydrogen (secondary N) is 2. The first-order chi connectivity index (χ1) is 16.5. The Morgan fingerprint density at radius 3 is 2.57 bits per heavy atom. The summed E-state index contributed by atoms with van der Waals surface area (Å²) in [4.78, 5) is 28.5. The lowest BCUT2D eigenvalue weighted by molar-refractivity contribution is -0.144. The lowest BCUT2D eigenvalue weighted by Crippen LogP contribution is -2.52. The summed E-state index contributed by atoms with van der Waals surface area (Å²) in [6.07, 6.45) is -3.60. The number of benzene rings is 1. The van der Waals surface area contributed by atoms with Crippen LogP contribution >= 0.6 is 0 Å². The average molecular weight is 488 g/mol. The topological polar surface area (TPSA) is 85.8 Å². The number of carbonyl (C=O) groups is 1. The van der Waals surface area contributed by atoms with E-state index in [1.54, 1.807) is 4.90 Å². The molecule has 0 unspecified atom stereocenters. The summed E-state index contributed by atoms with van der Waals surface area (Å²) in [5.41, 5.74) is 2.12. The molecule has 1 aromatic carbocycles. The summed E-state index contributed by atoms with van der Waals surface area (Å²) < 4.78 is 39.0. The number of amides is 2. The minimum absolute atomic E-state index is 0.00402. The van der Waals surface area contributed by atoms with Crippen LogP contribution in [-0.2, 0) is 6.18 Å². The highest BCUT2D eigenvalue weighted by Gasteiger charge is 2.46. The minimum atomic E-state index is -4.65. The third-order valence-corrected chi connectivity index (χ3v) is 6.22. The van der Waals surface area contributed by atoms with Gasteiger partial charge in [0.2, 0.25) is 5.82 Å². The SMILES string of the molecule is CN(C)C[C@@H](NC(=O)N1CC2=C(CN=C2Nc2ccnc(C(F)(F)F)n2)C1(C)C)c1ccccc1. The molecule has 0 fully saturated rings. The van der Waals surface area contributed by atoms with Gasteiger partial charge in [0.15, 0.2) is 0 Å². The zero-order valence-electron chi connectivity index (χ0n) is 20.0. The quantitative estimate of drug-likeness (QED) is 0.672. The van der Waals surface area contributed by atoms with Gasteiger partial charge in [-0.15, -0.1) is 0 Å². The fraction of sp³-hybridized carbons (Fsp3) is 0.417. The van der Waals surface area contributed by atoms with Crippen LogP contribution in [0.15, 0.2) is 58.7 Å². The van der Waals surface area contributed by atoms with Gasteiger partial charge in [-0.25, -0.2) is 14.8 Å². The third kappa shape index (κ3) is 5.14. The van der Waals surface area contributed by atoms with Gasteiger partial charge in [0.25, 0.3) is 0 Å². The number of aliphatic imine (C=N–C) groups is 1. The zero-order valence-corrected chi connectivity index (χ0v) is 20.0. The lowest BCUT2D eigenvalue weighted by Gasteiger charge is -2.36. The van der Waals surface area contributed by atoms with E-state index in [4.69, 9.17) is 0 Å². The van der Waals surface area contributed by atoms with E-state index < -0.39 is 17.5 Å². The largest absolute Gasteiger partial charge is 0.451 e. The Labute approximate surface area is 202 Å². The number of hydrogen-bond acceptors (Lipinski definition) is 6. The van der Waals surface area contributed by atoms with Gasteiger partial charge in [0.1, 0.15) is 11.7 Å². The van der Waals surface area contributed by atoms with Crippen molar-refractivity contribution in [2.75, 3.05) is 39.0 Å². The van der Waals surface area contributed by atoms with E-state index in [0.717, 1.165) is 22.9 Å². The van der Waals surface area contributed by atoms with Crippen LogP contribution in [0.2, 0.25) is 0 Å². The predicted octanol–water partition coefficient (Wildman–Crippen LogP) is 3.72. The van der Waals surface area contributed by atoms with Gasteiger partial charge in [0, 0.05) is 18.3 Å². The number of urea groups is 1. The number of rotatable bonds is 5. The number of halogens is 3. The second-order valence-corrected chi connectivity index (χ2v) is 9.33. The van der Waals surface area contributed by atoms with E-state index in [1.807, 2.05) is 63.2 Å². The first kappa shape index (κ1) is 24.6. The summed E-state index contributed by atoms with van der Waals surface area (Å²) in [7, 11) is 3.90. The normalized spacial score (nSPS) is 17.9. The van der Waals surface area contributed by atoms with Crippen LogP contribution in [0, 0.1) is 0 Å². The second-order valence-electron chi connectivity index (χ2n) is 9.33. The number of likely N-dealkylation sites (N-methyl/N-ethyl adjacent to an activating group) is 1. The van der Waals surface area contributed by atoms with Crippen molar-refractivity contribution in [3.63, 3.8) is 0 Å². The van der Waals surface area contributed by atoms with Crippen LogP contribution in [0.5, 0.6) is 0 Å². The number of aromatic nitrogens is 2. The van der Waals surface area contributed by atoms with Crippen molar-refractivity contribution in [3.8, 4) is 0 Å².